The van der Waals surface area contributed by atoms with Crippen LogP contribution in [0.25, 0.3) is 10.9 Å². The van der Waals surface area contributed by atoms with Gasteiger partial charge < -0.3 is 5.11 Å². The first-order valence-electron chi connectivity index (χ1n) is 7.48. The van der Waals surface area contributed by atoms with E-state index in [1.165, 1.54) is 12.8 Å². The maximum absolute atomic E-state index is 11.0. The Morgan fingerprint density at radius 3 is 2.90 bits per heavy atom. The molecule has 0 radical (unpaired) electrons. The van der Waals surface area contributed by atoms with E-state index >= 15 is 0 Å². The molecule has 0 spiro atoms. The van der Waals surface area contributed by atoms with E-state index in [-0.39, 0.29) is 0 Å². The lowest BCUT2D eigenvalue weighted by atomic mass is 9.92. The number of hydrogen-bond acceptors (Lipinski definition) is 3. The van der Waals surface area contributed by atoms with Gasteiger partial charge >= 0.3 is 0 Å². The smallest absolute Gasteiger partial charge is 0.103 e. The molecule has 2 heterocycles. The van der Waals surface area contributed by atoms with Crippen LogP contribution in [-0.2, 0) is 5.60 Å². The van der Waals surface area contributed by atoms with Gasteiger partial charge in [-0.05, 0) is 49.9 Å². The van der Waals surface area contributed by atoms with Crippen LogP contribution < -0.4 is 0 Å². The zero-order valence-electron chi connectivity index (χ0n) is 11.8. The predicted octanol–water partition coefficient (Wildman–Crippen LogP) is 2.60. The van der Waals surface area contributed by atoms with Crippen molar-refractivity contribution >= 4 is 10.9 Å². The van der Waals surface area contributed by atoms with Gasteiger partial charge in [0.15, 0.2) is 0 Å². The molecule has 104 valence electrons. The molecule has 1 atom stereocenters. The molecule has 2 aromatic rings. The van der Waals surface area contributed by atoms with Crippen LogP contribution in [0.1, 0.15) is 30.5 Å². The zero-order chi connectivity index (χ0) is 13.7. The summed E-state index contributed by atoms with van der Waals surface area (Å²) < 4.78 is 0. The standard InChI is InChI=1S/C17H20N2O/c1-12-2-3-13-10-14(4-7-16(13)18-12)17(20)8-9-19(11-17)15-5-6-15/h2-4,7,10,15,20H,5-6,8-9,11H2,1H3. The molecule has 2 fully saturated rings. The van der Waals surface area contributed by atoms with E-state index in [2.05, 4.69) is 22.0 Å². The van der Waals surface area contributed by atoms with E-state index in [4.69, 9.17) is 0 Å². The second-order valence-corrected chi connectivity index (χ2v) is 6.34. The second kappa shape index (κ2) is 4.27. The largest absolute Gasteiger partial charge is 0.384 e. The summed E-state index contributed by atoms with van der Waals surface area (Å²) in [4.78, 5) is 6.97. The van der Waals surface area contributed by atoms with E-state index in [1.54, 1.807) is 0 Å². The van der Waals surface area contributed by atoms with Gasteiger partial charge in [0.25, 0.3) is 0 Å². The number of rotatable bonds is 2. The summed E-state index contributed by atoms with van der Waals surface area (Å²) in [5.41, 5.74) is 2.40. The van der Waals surface area contributed by atoms with Gasteiger partial charge in [-0.1, -0.05) is 12.1 Å². The van der Waals surface area contributed by atoms with E-state index < -0.39 is 5.60 Å². The quantitative estimate of drug-likeness (QED) is 0.909. The minimum atomic E-state index is -0.679. The topological polar surface area (TPSA) is 36.4 Å². The van der Waals surface area contributed by atoms with E-state index in [0.717, 1.165) is 47.7 Å². The monoisotopic (exact) mass is 268 g/mol. The first-order valence-corrected chi connectivity index (χ1v) is 7.48. The molecule has 0 bridgehead atoms. The average molecular weight is 268 g/mol. The van der Waals surface area contributed by atoms with Gasteiger partial charge in [0.1, 0.15) is 5.60 Å². The van der Waals surface area contributed by atoms with E-state index in [9.17, 15) is 5.11 Å². The summed E-state index contributed by atoms with van der Waals surface area (Å²) in [7, 11) is 0. The summed E-state index contributed by atoms with van der Waals surface area (Å²) >= 11 is 0. The van der Waals surface area contributed by atoms with Crippen molar-refractivity contribution in [3.05, 3.63) is 41.6 Å². The number of likely N-dealkylation sites (tertiary alicyclic amines) is 1. The van der Waals surface area contributed by atoms with Crippen LogP contribution in [0.2, 0.25) is 0 Å². The fourth-order valence-electron chi connectivity index (χ4n) is 3.33. The van der Waals surface area contributed by atoms with Crippen molar-refractivity contribution in [3.63, 3.8) is 0 Å². The fourth-order valence-corrected chi connectivity index (χ4v) is 3.33. The van der Waals surface area contributed by atoms with Gasteiger partial charge in [-0.3, -0.25) is 9.88 Å². The van der Waals surface area contributed by atoms with Gasteiger partial charge in [-0.2, -0.15) is 0 Å². The molecule has 1 saturated carbocycles. The molecule has 1 aromatic carbocycles. The molecule has 0 amide bonds. The molecule has 3 nitrogen and oxygen atoms in total. The van der Waals surface area contributed by atoms with Crippen molar-refractivity contribution in [3.8, 4) is 0 Å². The average Bonchev–Trinajstić information content (AvgIpc) is 3.21. The summed E-state index contributed by atoms with van der Waals surface area (Å²) in [5, 5.41) is 12.1. The van der Waals surface area contributed by atoms with Gasteiger partial charge in [0.2, 0.25) is 0 Å². The van der Waals surface area contributed by atoms with Crippen molar-refractivity contribution in [2.45, 2.75) is 37.8 Å². The van der Waals surface area contributed by atoms with Crippen LogP contribution in [0.4, 0.5) is 0 Å². The maximum atomic E-state index is 11.0. The number of aromatic nitrogens is 1. The Morgan fingerprint density at radius 2 is 2.10 bits per heavy atom. The van der Waals surface area contributed by atoms with Gasteiger partial charge in [-0.25, -0.2) is 0 Å². The van der Waals surface area contributed by atoms with Gasteiger partial charge in [0, 0.05) is 30.2 Å². The van der Waals surface area contributed by atoms with Crippen LogP contribution in [0.5, 0.6) is 0 Å². The Hall–Kier alpha value is -1.45. The Bertz CT molecular complexity index is 665. The molecule has 1 unspecified atom stereocenters. The third-order valence-electron chi connectivity index (χ3n) is 4.71. The van der Waals surface area contributed by atoms with Crippen molar-refractivity contribution < 1.29 is 5.11 Å². The number of aliphatic hydroxyl groups is 1. The Morgan fingerprint density at radius 1 is 1.25 bits per heavy atom. The molecular formula is C17H20N2O. The second-order valence-electron chi connectivity index (χ2n) is 6.34. The molecule has 1 aliphatic heterocycles. The number of hydrogen-bond donors (Lipinski definition) is 1. The van der Waals surface area contributed by atoms with E-state index in [1.807, 2.05) is 25.1 Å². The number of benzene rings is 1. The highest BCUT2D eigenvalue weighted by atomic mass is 16.3. The molecule has 20 heavy (non-hydrogen) atoms. The summed E-state index contributed by atoms with van der Waals surface area (Å²) in [6, 6.07) is 11.0. The highest BCUT2D eigenvalue weighted by Gasteiger charge is 2.42. The fraction of sp³-hybridized carbons (Fsp3) is 0.471. The third-order valence-corrected chi connectivity index (χ3v) is 4.71. The van der Waals surface area contributed by atoms with Crippen molar-refractivity contribution in [1.29, 1.82) is 0 Å². The number of fused-ring (bicyclic) bond motifs is 1. The zero-order valence-corrected chi connectivity index (χ0v) is 11.8. The molecule has 1 N–H and O–H groups in total. The Balaban J connectivity index is 1.69. The summed E-state index contributed by atoms with van der Waals surface area (Å²) in [5.74, 6) is 0. The van der Waals surface area contributed by atoms with Crippen molar-refractivity contribution in [1.82, 2.24) is 9.88 Å². The molecule has 1 aromatic heterocycles. The van der Waals surface area contributed by atoms with Crippen LogP contribution in [0, 0.1) is 6.92 Å². The third kappa shape index (κ3) is 2.02. The predicted molar refractivity (Wildman–Crippen MR) is 79.6 cm³/mol. The summed E-state index contributed by atoms with van der Waals surface area (Å²) in [6.45, 7) is 3.80. The number of pyridine rings is 1. The molecule has 4 rings (SSSR count). The minimum absolute atomic E-state index is 0.679. The minimum Gasteiger partial charge on any atom is -0.384 e. The van der Waals surface area contributed by atoms with Crippen LogP contribution in [-0.4, -0.2) is 34.1 Å². The maximum Gasteiger partial charge on any atom is 0.103 e. The summed E-state index contributed by atoms with van der Waals surface area (Å²) in [6.07, 6.45) is 3.45. The molecular weight excluding hydrogens is 248 g/mol. The first kappa shape index (κ1) is 12.3. The first-order chi connectivity index (χ1) is 9.64. The van der Waals surface area contributed by atoms with Crippen molar-refractivity contribution in [2.75, 3.05) is 13.1 Å². The normalized spacial score (nSPS) is 27.3. The van der Waals surface area contributed by atoms with Crippen LogP contribution in [0.3, 0.4) is 0 Å². The Kier molecular flexibility index (Phi) is 2.63. The number of nitrogens with zero attached hydrogens (tertiary/aromatic N) is 2. The Labute approximate surface area is 119 Å². The SMILES string of the molecule is Cc1ccc2cc(C3(O)CCN(C4CC4)C3)ccc2n1. The highest BCUT2D eigenvalue weighted by Crippen LogP contribution is 2.38. The van der Waals surface area contributed by atoms with Crippen molar-refractivity contribution in [2.24, 2.45) is 0 Å². The molecule has 1 aliphatic carbocycles. The van der Waals surface area contributed by atoms with Crippen LogP contribution >= 0.6 is 0 Å². The van der Waals surface area contributed by atoms with Gasteiger partial charge in [-0.15, -0.1) is 0 Å². The van der Waals surface area contributed by atoms with Gasteiger partial charge in [0.05, 0.1) is 5.52 Å². The van der Waals surface area contributed by atoms with Crippen LogP contribution in [0.15, 0.2) is 30.3 Å². The number of β-amino-alcohol motifs (C(OH)–C–C–N with tert-alkyl or cyclic N) is 1. The lowest BCUT2D eigenvalue weighted by molar-refractivity contribution is 0.0453. The lowest BCUT2D eigenvalue weighted by Gasteiger charge is -2.24. The highest BCUT2D eigenvalue weighted by molar-refractivity contribution is 5.79. The number of aryl methyl sites for hydroxylation is 1. The molecule has 2 aliphatic rings. The lowest BCUT2D eigenvalue weighted by Crippen LogP contribution is -2.31. The molecule has 1 saturated heterocycles. The molecule has 3 heteroatoms. The van der Waals surface area contributed by atoms with E-state index in [0.29, 0.717) is 0 Å².